The van der Waals surface area contributed by atoms with Crippen LogP contribution in [0.5, 0.6) is 0 Å². The smallest absolute Gasteiger partial charge is 0.114 e. The standard InChI is InChI=1S/C10H12N4/c11-7-9-2-1-3-10(6-9)13-14-5-4-12-8-14/h1-6,8,13H,7,11H2. The average Bonchev–Trinajstić information content (AvgIpc) is 2.71. The van der Waals surface area contributed by atoms with Crippen molar-refractivity contribution >= 4 is 5.69 Å². The Morgan fingerprint density at radius 1 is 1.43 bits per heavy atom. The Bertz CT molecular complexity index is 394. The van der Waals surface area contributed by atoms with Crippen molar-refractivity contribution in [1.29, 1.82) is 0 Å². The van der Waals surface area contributed by atoms with Crippen molar-refractivity contribution in [3.05, 3.63) is 48.5 Å². The SMILES string of the molecule is NCc1cccc(Nn2ccnc2)c1. The summed E-state index contributed by atoms with van der Waals surface area (Å²) < 4.78 is 1.79. The van der Waals surface area contributed by atoms with E-state index in [-0.39, 0.29) is 0 Å². The number of imidazole rings is 1. The topological polar surface area (TPSA) is 55.9 Å². The molecule has 2 aromatic rings. The number of nitrogens with two attached hydrogens (primary N) is 1. The fourth-order valence-corrected chi connectivity index (χ4v) is 1.24. The summed E-state index contributed by atoms with van der Waals surface area (Å²) in [5, 5.41) is 0. The molecule has 0 saturated heterocycles. The van der Waals surface area contributed by atoms with Crippen LogP contribution in [-0.4, -0.2) is 9.66 Å². The van der Waals surface area contributed by atoms with E-state index in [9.17, 15) is 0 Å². The van der Waals surface area contributed by atoms with E-state index in [2.05, 4.69) is 10.4 Å². The Balaban J connectivity index is 2.17. The molecule has 0 fully saturated rings. The lowest BCUT2D eigenvalue weighted by atomic mass is 10.2. The second kappa shape index (κ2) is 3.93. The summed E-state index contributed by atoms with van der Waals surface area (Å²) in [6.07, 6.45) is 5.27. The molecule has 2 rings (SSSR count). The van der Waals surface area contributed by atoms with Crippen LogP contribution in [0.4, 0.5) is 5.69 Å². The Kier molecular flexibility index (Phi) is 2.46. The monoisotopic (exact) mass is 188 g/mol. The van der Waals surface area contributed by atoms with E-state index in [1.807, 2.05) is 30.5 Å². The van der Waals surface area contributed by atoms with Gasteiger partial charge in [-0.05, 0) is 17.7 Å². The maximum Gasteiger partial charge on any atom is 0.114 e. The molecule has 3 N–H and O–H groups in total. The van der Waals surface area contributed by atoms with Crippen molar-refractivity contribution in [2.24, 2.45) is 5.73 Å². The first-order valence-corrected chi connectivity index (χ1v) is 4.42. The van der Waals surface area contributed by atoms with Gasteiger partial charge in [0.25, 0.3) is 0 Å². The number of rotatable bonds is 3. The Morgan fingerprint density at radius 3 is 3.07 bits per heavy atom. The van der Waals surface area contributed by atoms with E-state index in [0.717, 1.165) is 11.3 Å². The largest absolute Gasteiger partial charge is 0.326 e. The molecule has 4 nitrogen and oxygen atoms in total. The van der Waals surface area contributed by atoms with E-state index < -0.39 is 0 Å². The fraction of sp³-hybridized carbons (Fsp3) is 0.100. The van der Waals surface area contributed by atoms with Crippen molar-refractivity contribution in [3.8, 4) is 0 Å². The summed E-state index contributed by atoms with van der Waals surface area (Å²) in [7, 11) is 0. The predicted molar refractivity (Wildman–Crippen MR) is 55.6 cm³/mol. The third-order valence-electron chi connectivity index (χ3n) is 1.93. The zero-order valence-corrected chi connectivity index (χ0v) is 7.72. The molecule has 0 saturated carbocycles. The lowest BCUT2D eigenvalue weighted by Gasteiger charge is -2.07. The highest BCUT2D eigenvalue weighted by molar-refractivity contribution is 5.45. The van der Waals surface area contributed by atoms with Crippen molar-refractivity contribution < 1.29 is 0 Å². The highest BCUT2D eigenvalue weighted by Gasteiger charge is 1.93. The van der Waals surface area contributed by atoms with Gasteiger partial charge in [0.2, 0.25) is 0 Å². The Labute approximate surface area is 82.4 Å². The second-order valence-corrected chi connectivity index (χ2v) is 2.99. The molecule has 0 aliphatic rings. The molecule has 1 aromatic heterocycles. The molecule has 0 amide bonds. The molecule has 14 heavy (non-hydrogen) atoms. The Hall–Kier alpha value is -1.81. The first-order valence-electron chi connectivity index (χ1n) is 4.42. The van der Waals surface area contributed by atoms with Gasteiger partial charge in [-0.2, -0.15) is 0 Å². The van der Waals surface area contributed by atoms with Gasteiger partial charge in [0, 0.05) is 18.9 Å². The Morgan fingerprint density at radius 2 is 2.36 bits per heavy atom. The van der Waals surface area contributed by atoms with Crippen LogP contribution in [-0.2, 0) is 6.54 Å². The molecule has 0 bridgehead atoms. The summed E-state index contributed by atoms with van der Waals surface area (Å²) in [4.78, 5) is 3.94. The van der Waals surface area contributed by atoms with Gasteiger partial charge in [0.1, 0.15) is 6.33 Å². The molecule has 1 aromatic carbocycles. The fourth-order valence-electron chi connectivity index (χ4n) is 1.24. The zero-order chi connectivity index (χ0) is 9.80. The molecule has 0 unspecified atom stereocenters. The number of anilines is 1. The van der Waals surface area contributed by atoms with Crippen LogP contribution in [0.3, 0.4) is 0 Å². The van der Waals surface area contributed by atoms with E-state index in [0.29, 0.717) is 6.54 Å². The molecule has 0 spiro atoms. The van der Waals surface area contributed by atoms with Crippen LogP contribution in [0.1, 0.15) is 5.56 Å². The van der Waals surface area contributed by atoms with E-state index in [1.165, 1.54) is 0 Å². The normalized spacial score (nSPS) is 10.1. The molecule has 0 atom stereocenters. The summed E-state index contributed by atoms with van der Waals surface area (Å²) in [6.45, 7) is 0.555. The molecule has 0 aliphatic carbocycles. The summed E-state index contributed by atoms with van der Waals surface area (Å²) in [6, 6.07) is 7.97. The second-order valence-electron chi connectivity index (χ2n) is 2.99. The minimum atomic E-state index is 0.555. The van der Waals surface area contributed by atoms with Crippen LogP contribution in [0.15, 0.2) is 43.0 Å². The maximum absolute atomic E-state index is 5.55. The maximum atomic E-state index is 5.55. The quantitative estimate of drug-likeness (QED) is 0.761. The zero-order valence-electron chi connectivity index (χ0n) is 7.72. The van der Waals surface area contributed by atoms with Gasteiger partial charge >= 0.3 is 0 Å². The average molecular weight is 188 g/mol. The highest BCUT2D eigenvalue weighted by atomic mass is 15.4. The van der Waals surface area contributed by atoms with Crippen molar-refractivity contribution in [2.75, 3.05) is 5.43 Å². The van der Waals surface area contributed by atoms with Gasteiger partial charge in [-0.15, -0.1) is 0 Å². The number of hydrogen-bond donors (Lipinski definition) is 2. The van der Waals surface area contributed by atoms with Gasteiger partial charge < -0.3 is 5.73 Å². The van der Waals surface area contributed by atoms with Crippen LogP contribution >= 0.6 is 0 Å². The third kappa shape index (κ3) is 1.92. The number of nitrogens with one attached hydrogen (secondary N) is 1. The molecule has 0 radical (unpaired) electrons. The number of aromatic nitrogens is 2. The predicted octanol–water partition coefficient (Wildman–Crippen LogP) is 1.22. The molecule has 72 valence electrons. The van der Waals surface area contributed by atoms with Crippen molar-refractivity contribution in [1.82, 2.24) is 9.66 Å². The minimum Gasteiger partial charge on any atom is -0.326 e. The molecular formula is C10H12N4. The number of benzene rings is 1. The minimum absolute atomic E-state index is 0.555. The molecule has 0 aliphatic heterocycles. The van der Waals surface area contributed by atoms with Gasteiger partial charge in [-0.1, -0.05) is 12.1 Å². The molecule has 4 heteroatoms. The van der Waals surface area contributed by atoms with Crippen LogP contribution in [0.25, 0.3) is 0 Å². The van der Waals surface area contributed by atoms with Gasteiger partial charge in [-0.25, -0.2) is 4.98 Å². The third-order valence-corrected chi connectivity index (χ3v) is 1.93. The van der Waals surface area contributed by atoms with Crippen LogP contribution in [0, 0.1) is 0 Å². The van der Waals surface area contributed by atoms with Crippen LogP contribution in [0.2, 0.25) is 0 Å². The summed E-state index contributed by atoms with van der Waals surface area (Å²) >= 11 is 0. The number of hydrogen-bond acceptors (Lipinski definition) is 3. The van der Waals surface area contributed by atoms with Crippen LogP contribution < -0.4 is 11.2 Å². The molecule has 1 heterocycles. The van der Waals surface area contributed by atoms with Crippen molar-refractivity contribution in [3.63, 3.8) is 0 Å². The van der Waals surface area contributed by atoms with Gasteiger partial charge in [0.05, 0.1) is 5.69 Å². The van der Waals surface area contributed by atoms with E-state index >= 15 is 0 Å². The van der Waals surface area contributed by atoms with E-state index in [1.54, 1.807) is 17.2 Å². The summed E-state index contributed by atoms with van der Waals surface area (Å²) in [5.41, 5.74) is 10.8. The van der Waals surface area contributed by atoms with Gasteiger partial charge in [0.15, 0.2) is 0 Å². The number of nitrogens with zero attached hydrogens (tertiary/aromatic N) is 2. The lowest BCUT2D eigenvalue weighted by Crippen LogP contribution is -2.06. The highest BCUT2D eigenvalue weighted by Crippen LogP contribution is 2.09. The van der Waals surface area contributed by atoms with Crippen molar-refractivity contribution in [2.45, 2.75) is 6.54 Å². The lowest BCUT2D eigenvalue weighted by molar-refractivity contribution is 0.952. The summed E-state index contributed by atoms with van der Waals surface area (Å²) in [5.74, 6) is 0. The van der Waals surface area contributed by atoms with E-state index in [4.69, 9.17) is 5.73 Å². The molecular weight excluding hydrogens is 176 g/mol. The van der Waals surface area contributed by atoms with Gasteiger partial charge in [-0.3, -0.25) is 10.1 Å². The first kappa shape index (κ1) is 8.77. The first-order chi connectivity index (χ1) is 6.88.